The minimum absolute atomic E-state index is 0.0213. The van der Waals surface area contributed by atoms with Crippen LogP contribution in [0.4, 0.5) is 0 Å². The predicted octanol–water partition coefficient (Wildman–Crippen LogP) is 4.05. The maximum Gasteiger partial charge on any atom is 0.309 e. The fourth-order valence-electron chi connectivity index (χ4n) is 3.07. The standard InChI is InChI=1S/C19H19NO2S/c21-19(18-11-17(18)13-5-4-8-20-12-13)22-14-9-16(10-14)23-15-6-2-1-3-7-15/h1-8,12,14,16-18H,9-11H2/t14?,16?,17-,18+/m0/s1. The Bertz CT molecular complexity index is 670. The lowest BCUT2D eigenvalue weighted by Crippen LogP contribution is -2.35. The van der Waals surface area contributed by atoms with Gasteiger partial charge >= 0.3 is 5.97 Å². The Labute approximate surface area is 140 Å². The normalized spacial score (nSPS) is 28.7. The molecule has 0 saturated heterocycles. The number of hydrogen-bond acceptors (Lipinski definition) is 4. The van der Waals surface area contributed by atoms with Crippen LogP contribution >= 0.6 is 11.8 Å². The van der Waals surface area contributed by atoms with E-state index in [0.29, 0.717) is 11.2 Å². The van der Waals surface area contributed by atoms with Crippen LogP contribution in [0.15, 0.2) is 59.8 Å². The van der Waals surface area contributed by atoms with E-state index in [4.69, 9.17) is 4.74 Å². The number of carbonyl (C=O) groups is 1. The van der Waals surface area contributed by atoms with Gasteiger partial charge in [-0.2, -0.15) is 0 Å². The third-order valence-electron chi connectivity index (χ3n) is 4.59. The maximum atomic E-state index is 12.2. The van der Waals surface area contributed by atoms with Gasteiger partial charge in [0.2, 0.25) is 0 Å². The van der Waals surface area contributed by atoms with Crippen molar-refractivity contribution in [2.24, 2.45) is 5.92 Å². The number of aromatic nitrogens is 1. The molecule has 1 aromatic carbocycles. The van der Waals surface area contributed by atoms with Crippen LogP contribution in [0.2, 0.25) is 0 Å². The highest BCUT2D eigenvalue weighted by atomic mass is 32.2. The van der Waals surface area contributed by atoms with Gasteiger partial charge in [-0.05, 0) is 48.9 Å². The van der Waals surface area contributed by atoms with E-state index in [1.807, 2.05) is 36.2 Å². The zero-order valence-electron chi connectivity index (χ0n) is 12.8. The van der Waals surface area contributed by atoms with E-state index < -0.39 is 0 Å². The number of esters is 1. The summed E-state index contributed by atoms with van der Waals surface area (Å²) in [5.74, 6) is 0.331. The molecular weight excluding hydrogens is 306 g/mol. The van der Waals surface area contributed by atoms with Crippen molar-refractivity contribution in [2.45, 2.75) is 41.4 Å². The zero-order chi connectivity index (χ0) is 15.6. The van der Waals surface area contributed by atoms with Crippen LogP contribution in [-0.2, 0) is 9.53 Å². The third kappa shape index (κ3) is 3.42. The first-order chi connectivity index (χ1) is 11.3. The van der Waals surface area contributed by atoms with E-state index in [-0.39, 0.29) is 18.0 Å². The van der Waals surface area contributed by atoms with Gasteiger partial charge in [0.25, 0.3) is 0 Å². The van der Waals surface area contributed by atoms with Crippen LogP contribution < -0.4 is 0 Å². The summed E-state index contributed by atoms with van der Waals surface area (Å²) in [6.07, 6.45) is 6.56. The molecule has 2 aliphatic rings. The van der Waals surface area contributed by atoms with E-state index in [2.05, 4.69) is 29.2 Å². The third-order valence-corrected chi connectivity index (χ3v) is 5.85. The van der Waals surface area contributed by atoms with Gasteiger partial charge in [-0.25, -0.2) is 0 Å². The van der Waals surface area contributed by atoms with E-state index >= 15 is 0 Å². The number of benzene rings is 1. The van der Waals surface area contributed by atoms with Gasteiger partial charge in [0.15, 0.2) is 0 Å². The van der Waals surface area contributed by atoms with Gasteiger partial charge < -0.3 is 4.74 Å². The lowest BCUT2D eigenvalue weighted by molar-refractivity contribution is -0.154. The molecule has 23 heavy (non-hydrogen) atoms. The Morgan fingerprint density at radius 1 is 1.09 bits per heavy atom. The second-order valence-electron chi connectivity index (χ2n) is 6.32. The van der Waals surface area contributed by atoms with Crippen molar-refractivity contribution in [2.75, 3.05) is 0 Å². The smallest absolute Gasteiger partial charge is 0.309 e. The number of thioether (sulfide) groups is 1. The molecule has 2 saturated carbocycles. The minimum Gasteiger partial charge on any atom is -0.462 e. The Balaban J connectivity index is 1.22. The first-order valence-electron chi connectivity index (χ1n) is 8.12. The summed E-state index contributed by atoms with van der Waals surface area (Å²) < 4.78 is 5.66. The van der Waals surface area contributed by atoms with E-state index in [1.165, 1.54) is 4.90 Å². The van der Waals surface area contributed by atoms with Crippen LogP contribution in [0.5, 0.6) is 0 Å². The van der Waals surface area contributed by atoms with Gasteiger partial charge in [-0.1, -0.05) is 24.3 Å². The van der Waals surface area contributed by atoms with Crippen LogP contribution in [0.25, 0.3) is 0 Å². The average Bonchev–Trinajstić information content (AvgIpc) is 3.35. The SMILES string of the molecule is O=C(OC1CC(Sc2ccccc2)C1)[C@@H]1C[C@H]1c1cccnc1. The fourth-order valence-corrected chi connectivity index (χ4v) is 4.39. The fraction of sp³-hybridized carbons (Fsp3) is 0.368. The molecule has 2 aromatic rings. The molecule has 118 valence electrons. The van der Waals surface area contributed by atoms with Crippen molar-refractivity contribution in [3.8, 4) is 0 Å². The summed E-state index contributed by atoms with van der Waals surface area (Å²) in [5, 5.41) is 0.573. The molecule has 0 radical (unpaired) electrons. The Kier molecular flexibility index (Phi) is 4.08. The molecule has 2 atom stereocenters. The van der Waals surface area contributed by atoms with Crippen molar-refractivity contribution in [1.29, 1.82) is 0 Å². The van der Waals surface area contributed by atoms with Crippen LogP contribution in [0.1, 0.15) is 30.7 Å². The molecule has 0 spiro atoms. The molecule has 4 rings (SSSR count). The molecule has 0 bridgehead atoms. The molecule has 0 N–H and O–H groups in total. The van der Waals surface area contributed by atoms with Crippen molar-refractivity contribution in [3.05, 3.63) is 60.4 Å². The Morgan fingerprint density at radius 3 is 2.65 bits per heavy atom. The van der Waals surface area contributed by atoms with E-state index in [9.17, 15) is 4.79 Å². The summed E-state index contributed by atoms with van der Waals surface area (Å²) >= 11 is 1.88. The van der Waals surface area contributed by atoms with Gasteiger partial charge in [0.1, 0.15) is 6.10 Å². The summed E-state index contributed by atoms with van der Waals surface area (Å²) in [6, 6.07) is 14.4. The minimum atomic E-state index is -0.0213. The van der Waals surface area contributed by atoms with Crippen molar-refractivity contribution in [1.82, 2.24) is 4.98 Å². The van der Waals surface area contributed by atoms with Crippen molar-refractivity contribution in [3.63, 3.8) is 0 Å². The van der Waals surface area contributed by atoms with Crippen LogP contribution in [0, 0.1) is 5.92 Å². The van der Waals surface area contributed by atoms with Gasteiger partial charge in [0.05, 0.1) is 5.92 Å². The summed E-state index contributed by atoms with van der Waals surface area (Å²) in [5.41, 5.74) is 1.15. The van der Waals surface area contributed by atoms with Gasteiger partial charge in [-0.3, -0.25) is 9.78 Å². The monoisotopic (exact) mass is 325 g/mol. The molecule has 4 heteroatoms. The second-order valence-corrected chi connectivity index (χ2v) is 7.69. The molecule has 0 aliphatic heterocycles. The summed E-state index contributed by atoms with van der Waals surface area (Å²) in [7, 11) is 0. The van der Waals surface area contributed by atoms with Crippen molar-refractivity contribution < 1.29 is 9.53 Å². The molecule has 0 unspecified atom stereocenters. The van der Waals surface area contributed by atoms with E-state index in [1.54, 1.807) is 6.20 Å². The maximum absolute atomic E-state index is 12.2. The first kappa shape index (κ1) is 14.8. The Morgan fingerprint density at radius 2 is 1.91 bits per heavy atom. The number of nitrogens with zero attached hydrogens (tertiary/aromatic N) is 1. The lowest BCUT2D eigenvalue weighted by atomic mass is 9.95. The summed E-state index contributed by atoms with van der Waals surface area (Å²) in [6.45, 7) is 0. The second kappa shape index (κ2) is 6.36. The first-order valence-corrected chi connectivity index (χ1v) is 8.99. The van der Waals surface area contributed by atoms with Gasteiger partial charge in [0, 0.05) is 22.5 Å². The molecule has 0 amide bonds. The molecule has 1 aromatic heterocycles. The molecule has 3 nitrogen and oxygen atoms in total. The van der Waals surface area contributed by atoms with Gasteiger partial charge in [-0.15, -0.1) is 11.8 Å². The van der Waals surface area contributed by atoms with Crippen LogP contribution in [0.3, 0.4) is 0 Å². The number of hydrogen-bond donors (Lipinski definition) is 0. The number of pyridine rings is 1. The number of rotatable bonds is 5. The van der Waals surface area contributed by atoms with E-state index in [0.717, 1.165) is 24.8 Å². The van der Waals surface area contributed by atoms with Crippen LogP contribution in [-0.4, -0.2) is 22.3 Å². The zero-order valence-corrected chi connectivity index (χ0v) is 13.6. The lowest BCUT2D eigenvalue weighted by Gasteiger charge is -2.34. The largest absolute Gasteiger partial charge is 0.462 e. The highest BCUT2D eigenvalue weighted by molar-refractivity contribution is 8.00. The highest BCUT2D eigenvalue weighted by Gasteiger charge is 2.47. The molecular formula is C19H19NO2S. The quantitative estimate of drug-likeness (QED) is 0.778. The topological polar surface area (TPSA) is 39.2 Å². The molecule has 1 heterocycles. The predicted molar refractivity (Wildman–Crippen MR) is 90.3 cm³/mol. The number of carbonyl (C=O) groups excluding carboxylic acids is 1. The average molecular weight is 325 g/mol. The highest BCUT2D eigenvalue weighted by Crippen LogP contribution is 2.49. The molecule has 2 aliphatic carbocycles. The van der Waals surface area contributed by atoms with Crippen molar-refractivity contribution >= 4 is 17.7 Å². The summed E-state index contributed by atoms with van der Waals surface area (Å²) in [4.78, 5) is 17.6. The molecule has 2 fully saturated rings. The Hall–Kier alpha value is -1.81. The number of ether oxygens (including phenoxy) is 1.